The normalized spacial score (nSPS) is 19.1. The number of carbonyl (C=O) groups is 3. The van der Waals surface area contributed by atoms with E-state index in [2.05, 4.69) is 5.32 Å². The lowest BCUT2D eigenvalue weighted by molar-refractivity contribution is -0.137. The Morgan fingerprint density at radius 2 is 1.60 bits per heavy atom. The van der Waals surface area contributed by atoms with Crippen LogP contribution in [0.15, 0.2) is 101 Å². The SMILES string of the molecule is COc1ccccc1C1c2sc(=O)n(CC(=O)Nc3ccc4ccccc4c3)c2SC2C(=O)N(c3ccccc3C(F)(F)F)C(=O)C21. The Labute approximate surface area is 273 Å². The van der Waals surface area contributed by atoms with Gasteiger partial charge in [0, 0.05) is 22.0 Å². The first-order valence-electron chi connectivity index (χ1n) is 14.4. The van der Waals surface area contributed by atoms with Crippen molar-refractivity contribution in [1.82, 2.24) is 4.57 Å². The molecule has 7 rings (SSSR count). The first kappa shape index (κ1) is 30.8. The summed E-state index contributed by atoms with van der Waals surface area (Å²) in [5.41, 5.74) is -0.649. The van der Waals surface area contributed by atoms with Gasteiger partial charge in [-0.25, -0.2) is 4.90 Å². The fraction of sp³-hybridized carbons (Fsp3) is 0.176. The number of nitrogens with one attached hydrogen (secondary N) is 1. The topological polar surface area (TPSA) is 97.7 Å². The largest absolute Gasteiger partial charge is 0.496 e. The van der Waals surface area contributed by atoms with Crippen LogP contribution >= 0.6 is 23.1 Å². The second-order valence-corrected chi connectivity index (χ2v) is 13.2. The molecule has 1 N–H and O–H groups in total. The number of methoxy groups -OCH3 is 1. The summed E-state index contributed by atoms with van der Waals surface area (Å²) < 4.78 is 49.0. The van der Waals surface area contributed by atoms with Gasteiger partial charge in [-0.3, -0.25) is 23.7 Å². The average molecular weight is 676 g/mol. The summed E-state index contributed by atoms with van der Waals surface area (Å²) in [5, 5.41) is 3.86. The summed E-state index contributed by atoms with van der Waals surface area (Å²) in [7, 11) is 1.44. The number of nitrogens with zero attached hydrogens (tertiary/aromatic N) is 2. The summed E-state index contributed by atoms with van der Waals surface area (Å²) in [6, 6.07) is 24.3. The highest BCUT2D eigenvalue weighted by molar-refractivity contribution is 8.00. The van der Waals surface area contributed by atoms with Crippen LogP contribution in [0.3, 0.4) is 0 Å². The standard InChI is InChI=1S/C34H24F3N3O5S2/c1-45-24-13-7-4-10-21(24)26-27-28(31(43)40(30(27)42)23-12-6-5-11-22(23)34(35,36)37)46-32-29(26)47-33(44)39(32)17-25(41)38-20-15-14-18-8-2-3-9-19(18)16-20/h2-16,26-28H,17H2,1H3,(H,38,41). The Bertz CT molecular complexity index is 2140. The van der Waals surface area contributed by atoms with Gasteiger partial charge in [0.15, 0.2) is 0 Å². The summed E-state index contributed by atoms with van der Waals surface area (Å²) in [4.78, 5) is 55.4. The summed E-state index contributed by atoms with van der Waals surface area (Å²) in [6.07, 6.45) is -4.82. The van der Waals surface area contributed by atoms with Crippen LogP contribution in [-0.2, 0) is 27.1 Å². The predicted octanol–water partition coefficient (Wildman–Crippen LogP) is 6.52. The van der Waals surface area contributed by atoms with Crippen LogP contribution in [0, 0.1) is 5.92 Å². The van der Waals surface area contributed by atoms with Crippen LogP contribution in [0.4, 0.5) is 24.5 Å². The van der Waals surface area contributed by atoms with Gasteiger partial charge in [-0.05, 0) is 41.1 Å². The predicted molar refractivity (Wildman–Crippen MR) is 173 cm³/mol. The Morgan fingerprint density at radius 1 is 0.894 bits per heavy atom. The van der Waals surface area contributed by atoms with Gasteiger partial charge < -0.3 is 10.1 Å². The molecule has 0 spiro atoms. The number of ether oxygens (including phenoxy) is 1. The lowest BCUT2D eigenvalue weighted by Gasteiger charge is -2.31. The maximum atomic E-state index is 14.1. The second-order valence-electron chi connectivity index (χ2n) is 11.0. The number of hydrogen-bond donors (Lipinski definition) is 1. The minimum absolute atomic E-state index is 0.304. The van der Waals surface area contributed by atoms with Gasteiger partial charge in [0.25, 0.3) is 0 Å². The number of benzene rings is 4. The molecule has 3 amide bonds. The van der Waals surface area contributed by atoms with Gasteiger partial charge in [-0.2, -0.15) is 13.2 Å². The van der Waals surface area contributed by atoms with E-state index in [9.17, 15) is 32.3 Å². The highest BCUT2D eigenvalue weighted by atomic mass is 32.2. The van der Waals surface area contributed by atoms with Crippen LogP contribution in [-0.4, -0.2) is 34.6 Å². The van der Waals surface area contributed by atoms with Crippen LogP contribution in [0.25, 0.3) is 10.8 Å². The number of carbonyl (C=O) groups excluding carboxylic acids is 3. The fourth-order valence-electron chi connectivity index (χ4n) is 6.27. The molecule has 1 aromatic heterocycles. The van der Waals surface area contributed by atoms with E-state index < -0.39 is 57.1 Å². The van der Waals surface area contributed by atoms with Gasteiger partial charge in [0.05, 0.1) is 29.3 Å². The first-order valence-corrected chi connectivity index (χ1v) is 16.1. The van der Waals surface area contributed by atoms with Crippen molar-refractivity contribution in [2.75, 3.05) is 17.3 Å². The smallest absolute Gasteiger partial charge is 0.418 e. The van der Waals surface area contributed by atoms with Crippen molar-refractivity contribution in [2.45, 2.75) is 28.9 Å². The van der Waals surface area contributed by atoms with Crippen molar-refractivity contribution in [3.05, 3.63) is 117 Å². The van der Waals surface area contributed by atoms with E-state index >= 15 is 0 Å². The molecule has 1 saturated heterocycles. The summed E-state index contributed by atoms with van der Waals surface area (Å²) in [6.45, 7) is -0.386. The zero-order valence-corrected chi connectivity index (χ0v) is 26.1. The number of thioether (sulfide) groups is 1. The average Bonchev–Trinajstić information content (AvgIpc) is 3.50. The molecule has 5 aromatic rings. The number of alkyl halides is 3. The number of imide groups is 1. The van der Waals surface area contributed by atoms with Crippen molar-refractivity contribution < 1.29 is 32.3 Å². The van der Waals surface area contributed by atoms with E-state index in [0.717, 1.165) is 46.0 Å². The zero-order valence-electron chi connectivity index (χ0n) is 24.5. The van der Waals surface area contributed by atoms with Gasteiger partial charge in [-0.1, -0.05) is 83.8 Å². The molecule has 1 fully saturated rings. The molecule has 0 bridgehead atoms. The minimum Gasteiger partial charge on any atom is -0.496 e. The Kier molecular flexibility index (Phi) is 7.68. The zero-order chi connectivity index (χ0) is 33.0. The van der Waals surface area contributed by atoms with Gasteiger partial charge in [0.2, 0.25) is 17.7 Å². The van der Waals surface area contributed by atoms with Crippen LogP contribution in [0.5, 0.6) is 5.75 Å². The lowest BCUT2D eigenvalue weighted by Crippen LogP contribution is -2.33. The molecule has 13 heteroatoms. The lowest BCUT2D eigenvalue weighted by atomic mass is 9.82. The molecule has 0 saturated carbocycles. The third-order valence-electron chi connectivity index (χ3n) is 8.31. The van der Waals surface area contributed by atoms with Gasteiger partial charge in [0.1, 0.15) is 17.5 Å². The number of aromatic nitrogens is 1. The Balaban J connectivity index is 1.30. The molecule has 3 heterocycles. The van der Waals surface area contributed by atoms with Crippen LogP contribution in [0.2, 0.25) is 0 Å². The molecular weight excluding hydrogens is 652 g/mol. The Morgan fingerprint density at radius 3 is 2.36 bits per heavy atom. The molecule has 3 atom stereocenters. The van der Waals surface area contributed by atoms with E-state index in [1.165, 1.54) is 23.8 Å². The molecule has 4 aromatic carbocycles. The summed E-state index contributed by atoms with van der Waals surface area (Å²) >= 11 is 1.75. The quantitative estimate of drug-likeness (QED) is 0.206. The number of amides is 3. The van der Waals surface area contributed by atoms with E-state index in [-0.39, 0.29) is 6.54 Å². The van der Waals surface area contributed by atoms with E-state index in [1.807, 2.05) is 36.4 Å². The van der Waals surface area contributed by atoms with E-state index in [4.69, 9.17) is 4.74 Å². The second kappa shape index (κ2) is 11.7. The molecule has 8 nitrogen and oxygen atoms in total. The van der Waals surface area contributed by atoms with Crippen molar-refractivity contribution >= 4 is 63.0 Å². The van der Waals surface area contributed by atoms with Crippen molar-refractivity contribution in [3.63, 3.8) is 0 Å². The number of anilines is 2. The van der Waals surface area contributed by atoms with Crippen molar-refractivity contribution in [3.8, 4) is 5.75 Å². The van der Waals surface area contributed by atoms with Crippen LogP contribution < -0.4 is 19.8 Å². The van der Waals surface area contributed by atoms with Gasteiger partial charge in [-0.15, -0.1) is 0 Å². The van der Waals surface area contributed by atoms with E-state index in [1.54, 1.807) is 30.3 Å². The number of halogens is 3. The molecule has 3 unspecified atom stereocenters. The molecule has 0 aliphatic carbocycles. The minimum atomic E-state index is -4.82. The van der Waals surface area contributed by atoms with Crippen LogP contribution in [0.1, 0.15) is 21.9 Å². The van der Waals surface area contributed by atoms with Crippen molar-refractivity contribution in [2.24, 2.45) is 5.92 Å². The molecule has 2 aliphatic rings. The molecule has 47 heavy (non-hydrogen) atoms. The van der Waals surface area contributed by atoms with E-state index in [0.29, 0.717) is 31.8 Å². The molecule has 0 radical (unpaired) electrons. The number of fused-ring (bicyclic) bond motifs is 3. The highest BCUT2D eigenvalue weighted by Gasteiger charge is 2.58. The fourth-order valence-corrected chi connectivity index (χ4v) is 9.03. The number of para-hydroxylation sites is 2. The maximum absolute atomic E-state index is 14.1. The molecular formula is C34H24F3N3O5S2. The third kappa shape index (κ3) is 5.28. The third-order valence-corrected chi connectivity index (χ3v) is 10.9. The van der Waals surface area contributed by atoms with Crippen molar-refractivity contribution in [1.29, 1.82) is 0 Å². The number of hydrogen-bond acceptors (Lipinski definition) is 7. The monoisotopic (exact) mass is 675 g/mol. The molecule has 238 valence electrons. The molecule has 2 aliphatic heterocycles. The maximum Gasteiger partial charge on any atom is 0.418 e. The van der Waals surface area contributed by atoms with Gasteiger partial charge >= 0.3 is 11.0 Å². The number of thiazole rings is 1. The first-order chi connectivity index (χ1) is 22.6. The number of rotatable bonds is 6. The summed E-state index contributed by atoms with van der Waals surface area (Å²) in [5.74, 6) is -3.81. The Hall–Kier alpha value is -4.88. The highest BCUT2D eigenvalue weighted by Crippen LogP contribution is 2.55.